The number of rotatable bonds is 5. The SMILES string of the molecule is Cc1noc2nc(C3CC3)cc(C(=O)Nc3ccccc3C(=O)Nc3ccc4c(c3)OCO4)c12. The zero-order valence-electron chi connectivity index (χ0n) is 18.3. The molecule has 2 aromatic carbocycles. The third-order valence-corrected chi connectivity index (χ3v) is 5.93. The number of aromatic nitrogens is 2. The van der Waals surface area contributed by atoms with Crippen LogP contribution in [0.4, 0.5) is 11.4 Å². The summed E-state index contributed by atoms with van der Waals surface area (Å²) in [7, 11) is 0. The lowest BCUT2D eigenvalue weighted by Crippen LogP contribution is -2.19. The number of ether oxygens (including phenoxy) is 2. The summed E-state index contributed by atoms with van der Waals surface area (Å²) in [5, 5.41) is 10.3. The molecule has 9 heteroatoms. The summed E-state index contributed by atoms with van der Waals surface area (Å²) in [4.78, 5) is 31.0. The molecule has 0 saturated heterocycles. The van der Waals surface area contributed by atoms with Gasteiger partial charge in [-0.3, -0.25) is 9.59 Å². The maximum atomic E-state index is 13.4. The van der Waals surface area contributed by atoms with Gasteiger partial charge in [0.05, 0.1) is 27.9 Å². The lowest BCUT2D eigenvalue weighted by atomic mass is 10.1. The van der Waals surface area contributed by atoms with E-state index in [2.05, 4.69) is 20.8 Å². The third kappa shape index (κ3) is 3.61. The van der Waals surface area contributed by atoms with Gasteiger partial charge in [0, 0.05) is 23.4 Å². The average Bonchev–Trinajstić information content (AvgIpc) is 3.48. The molecule has 34 heavy (non-hydrogen) atoms. The molecule has 1 aliphatic carbocycles. The van der Waals surface area contributed by atoms with E-state index in [0.29, 0.717) is 56.7 Å². The van der Waals surface area contributed by atoms with Crippen molar-refractivity contribution < 1.29 is 23.6 Å². The number of carbonyl (C=O) groups excluding carboxylic acids is 2. The summed E-state index contributed by atoms with van der Waals surface area (Å²) in [5.41, 5.74) is 3.45. The Balaban J connectivity index is 1.29. The van der Waals surface area contributed by atoms with Gasteiger partial charge in [-0.15, -0.1) is 0 Å². The number of benzene rings is 2. The van der Waals surface area contributed by atoms with Crippen LogP contribution in [-0.2, 0) is 0 Å². The first-order valence-corrected chi connectivity index (χ1v) is 10.9. The number of pyridine rings is 1. The predicted molar refractivity (Wildman–Crippen MR) is 123 cm³/mol. The van der Waals surface area contributed by atoms with Gasteiger partial charge in [-0.05, 0) is 50.1 Å². The van der Waals surface area contributed by atoms with Crippen LogP contribution >= 0.6 is 0 Å². The maximum absolute atomic E-state index is 13.4. The molecule has 9 nitrogen and oxygen atoms in total. The molecule has 1 fully saturated rings. The molecule has 0 bridgehead atoms. The second kappa shape index (κ2) is 7.87. The predicted octanol–water partition coefficient (Wildman–Crippen LogP) is 4.64. The van der Waals surface area contributed by atoms with Crippen LogP contribution < -0.4 is 20.1 Å². The Kier molecular flexibility index (Phi) is 4.68. The fourth-order valence-electron chi connectivity index (χ4n) is 4.03. The molecule has 0 spiro atoms. The van der Waals surface area contributed by atoms with E-state index >= 15 is 0 Å². The third-order valence-electron chi connectivity index (χ3n) is 5.93. The Morgan fingerprint density at radius 2 is 1.74 bits per heavy atom. The Morgan fingerprint density at radius 1 is 0.941 bits per heavy atom. The van der Waals surface area contributed by atoms with Crippen LogP contribution in [0.3, 0.4) is 0 Å². The molecular formula is C25H20N4O5. The second-order valence-electron chi connectivity index (χ2n) is 8.34. The monoisotopic (exact) mass is 456 g/mol. The van der Waals surface area contributed by atoms with Crippen molar-refractivity contribution in [2.75, 3.05) is 17.4 Å². The van der Waals surface area contributed by atoms with E-state index in [0.717, 1.165) is 18.5 Å². The van der Waals surface area contributed by atoms with Crippen LogP contribution in [-0.4, -0.2) is 28.7 Å². The second-order valence-corrected chi connectivity index (χ2v) is 8.34. The van der Waals surface area contributed by atoms with Gasteiger partial charge in [-0.1, -0.05) is 17.3 Å². The average molecular weight is 456 g/mol. The van der Waals surface area contributed by atoms with E-state index in [1.165, 1.54) is 0 Å². The van der Waals surface area contributed by atoms with Crippen LogP contribution in [0, 0.1) is 6.92 Å². The van der Waals surface area contributed by atoms with Crippen molar-refractivity contribution in [1.82, 2.24) is 10.1 Å². The number of hydrogen-bond donors (Lipinski definition) is 2. The molecule has 0 radical (unpaired) electrons. The van der Waals surface area contributed by atoms with Gasteiger partial charge in [-0.25, -0.2) is 4.98 Å². The summed E-state index contributed by atoms with van der Waals surface area (Å²) in [6.07, 6.45) is 2.07. The minimum Gasteiger partial charge on any atom is -0.454 e. The van der Waals surface area contributed by atoms with Gasteiger partial charge >= 0.3 is 0 Å². The standard InChI is InChI=1S/C25H20N4O5/c1-13-22-17(11-19(14-6-7-14)28-25(22)34-29-13)24(31)27-18-5-3-2-4-16(18)23(30)26-15-8-9-20-21(10-15)33-12-32-20/h2-5,8-11,14H,6-7,12H2,1H3,(H,26,30)(H,27,31). The first-order chi connectivity index (χ1) is 16.6. The van der Waals surface area contributed by atoms with Crippen LogP contribution in [0.2, 0.25) is 0 Å². The first kappa shape index (κ1) is 20.2. The van der Waals surface area contributed by atoms with E-state index in [1.54, 1.807) is 55.5 Å². The Morgan fingerprint density at radius 3 is 2.59 bits per heavy atom. The zero-order valence-corrected chi connectivity index (χ0v) is 18.3. The van der Waals surface area contributed by atoms with Gasteiger partial charge in [0.2, 0.25) is 6.79 Å². The number of fused-ring (bicyclic) bond motifs is 2. The smallest absolute Gasteiger partial charge is 0.259 e. The molecule has 2 aromatic heterocycles. The Hall–Kier alpha value is -4.40. The van der Waals surface area contributed by atoms with Crippen molar-refractivity contribution >= 4 is 34.3 Å². The topological polar surface area (TPSA) is 116 Å². The number of nitrogens with one attached hydrogen (secondary N) is 2. The molecule has 1 aliphatic heterocycles. The van der Waals surface area contributed by atoms with Crippen molar-refractivity contribution in [2.45, 2.75) is 25.7 Å². The normalized spacial score (nSPS) is 14.3. The number of anilines is 2. The Bertz CT molecular complexity index is 1460. The van der Waals surface area contributed by atoms with Crippen LogP contribution in [0.5, 0.6) is 11.5 Å². The largest absolute Gasteiger partial charge is 0.454 e. The quantitative estimate of drug-likeness (QED) is 0.449. The number of carbonyl (C=O) groups is 2. The van der Waals surface area contributed by atoms with Crippen molar-refractivity contribution in [3.8, 4) is 11.5 Å². The fourth-order valence-corrected chi connectivity index (χ4v) is 4.03. The highest BCUT2D eigenvalue weighted by atomic mass is 16.7. The highest BCUT2D eigenvalue weighted by Gasteiger charge is 2.29. The van der Waals surface area contributed by atoms with Crippen LogP contribution in [0.1, 0.15) is 50.9 Å². The number of aryl methyl sites for hydroxylation is 1. The van der Waals surface area contributed by atoms with E-state index < -0.39 is 0 Å². The van der Waals surface area contributed by atoms with E-state index in [-0.39, 0.29) is 18.6 Å². The van der Waals surface area contributed by atoms with E-state index in [1.807, 2.05) is 0 Å². The molecule has 4 aromatic rings. The summed E-state index contributed by atoms with van der Waals surface area (Å²) < 4.78 is 16.0. The van der Waals surface area contributed by atoms with Crippen molar-refractivity contribution in [3.05, 3.63) is 71.0 Å². The zero-order chi connectivity index (χ0) is 23.2. The highest BCUT2D eigenvalue weighted by molar-refractivity contribution is 6.16. The maximum Gasteiger partial charge on any atom is 0.259 e. The number of amides is 2. The number of nitrogens with zero attached hydrogens (tertiary/aromatic N) is 2. The lowest BCUT2D eigenvalue weighted by Gasteiger charge is -2.13. The molecule has 2 N–H and O–H groups in total. The summed E-state index contributed by atoms with van der Waals surface area (Å²) in [6, 6.07) is 13.8. The van der Waals surface area contributed by atoms with Crippen molar-refractivity contribution in [2.24, 2.45) is 0 Å². The summed E-state index contributed by atoms with van der Waals surface area (Å²) in [6.45, 7) is 1.92. The molecule has 3 heterocycles. The number of para-hydroxylation sites is 1. The van der Waals surface area contributed by atoms with E-state index in [4.69, 9.17) is 14.0 Å². The summed E-state index contributed by atoms with van der Waals surface area (Å²) >= 11 is 0. The molecule has 6 rings (SSSR count). The molecule has 2 aliphatic rings. The fraction of sp³-hybridized carbons (Fsp3) is 0.200. The molecule has 2 amide bonds. The van der Waals surface area contributed by atoms with Gasteiger partial charge in [0.1, 0.15) is 0 Å². The summed E-state index contributed by atoms with van der Waals surface area (Å²) in [5.74, 6) is 0.806. The van der Waals surface area contributed by atoms with Crippen molar-refractivity contribution in [3.63, 3.8) is 0 Å². The highest BCUT2D eigenvalue weighted by Crippen LogP contribution is 2.40. The minimum absolute atomic E-state index is 0.151. The van der Waals surface area contributed by atoms with Gasteiger partial charge < -0.3 is 24.6 Å². The minimum atomic E-state index is -0.366. The molecule has 1 saturated carbocycles. The lowest BCUT2D eigenvalue weighted by molar-refractivity contribution is 0.102. The molecule has 0 unspecified atom stereocenters. The van der Waals surface area contributed by atoms with Gasteiger partial charge in [0.15, 0.2) is 11.5 Å². The van der Waals surface area contributed by atoms with Gasteiger partial charge in [-0.2, -0.15) is 0 Å². The van der Waals surface area contributed by atoms with Gasteiger partial charge in [0.25, 0.3) is 17.5 Å². The van der Waals surface area contributed by atoms with Crippen molar-refractivity contribution in [1.29, 1.82) is 0 Å². The first-order valence-electron chi connectivity index (χ1n) is 10.9. The molecular weight excluding hydrogens is 436 g/mol. The number of hydrogen-bond acceptors (Lipinski definition) is 7. The van der Waals surface area contributed by atoms with Crippen LogP contribution in [0.15, 0.2) is 53.1 Å². The van der Waals surface area contributed by atoms with Crippen LogP contribution in [0.25, 0.3) is 11.1 Å². The Labute approximate surface area is 194 Å². The molecule has 170 valence electrons. The molecule has 0 atom stereocenters. The van der Waals surface area contributed by atoms with E-state index in [9.17, 15) is 9.59 Å².